The van der Waals surface area contributed by atoms with Crippen LogP contribution in [0.1, 0.15) is 15.4 Å². The van der Waals surface area contributed by atoms with Gasteiger partial charge in [0.2, 0.25) is 0 Å². The molecule has 0 saturated heterocycles. The molecule has 0 aliphatic carbocycles. The highest BCUT2D eigenvalue weighted by atomic mass is 79.9. The predicted octanol–water partition coefficient (Wildman–Crippen LogP) is 5.25. The van der Waals surface area contributed by atoms with Crippen molar-refractivity contribution in [3.8, 4) is 0 Å². The first-order chi connectivity index (χ1) is 9.65. The first-order valence-electron chi connectivity index (χ1n) is 5.95. The van der Waals surface area contributed by atoms with Crippen LogP contribution in [0, 0.1) is 0 Å². The molecule has 0 amide bonds. The van der Waals surface area contributed by atoms with Crippen LogP contribution in [-0.4, -0.2) is 10.8 Å². The number of benzene rings is 1. The van der Waals surface area contributed by atoms with E-state index in [9.17, 15) is 4.79 Å². The van der Waals surface area contributed by atoms with Gasteiger partial charge in [-0.15, -0.1) is 11.3 Å². The maximum absolute atomic E-state index is 12.4. The fourth-order valence-electron chi connectivity index (χ4n) is 1.97. The molecule has 0 aliphatic heterocycles. The van der Waals surface area contributed by atoms with Crippen molar-refractivity contribution in [2.75, 3.05) is 0 Å². The van der Waals surface area contributed by atoms with Crippen molar-refractivity contribution in [3.63, 3.8) is 0 Å². The minimum absolute atomic E-state index is 0.0192. The van der Waals surface area contributed by atoms with E-state index in [0.29, 0.717) is 12.1 Å². The van der Waals surface area contributed by atoms with Crippen molar-refractivity contribution in [1.29, 1.82) is 0 Å². The van der Waals surface area contributed by atoms with Gasteiger partial charge in [-0.3, -0.25) is 4.79 Å². The fourth-order valence-corrected chi connectivity index (χ4v) is 4.01. The standard InChI is InChI=1S/C15H9Br2NOS/c16-10-5-6-20-14(10)8-13(19)15-11(17)7-9-3-1-2-4-12(9)18-15/h1-7H,8H2. The summed E-state index contributed by atoms with van der Waals surface area (Å²) in [5, 5.41) is 2.99. The summed E-state index contributed by atoms with van der Waals surface area (Å²) < 4.78 is 1.72. The van der Waals surface area contributed by atoms with Crippen LogP contribution >= 0.6 is 43.2 Å². The third-order valence-corrected chi connectivity index (χ3v) is 5.48. The first-order valence-corrected chi connectivity index (χ1v) is 8.42. The van der Waals surface area contributed by atoms with Crippen LogP contribution in [0.3, 0.4) is 0 Å². The molecule has 3 rings (SSSR count). The van der Waals surface area contributed by atoms with E-state index in [1.165, 1.54) is 0 Å². The van der Waals surface area contributed by atoms with E-state index in [-0.39, 0.29) is 5.78 Å². The van der Waals surface area contributed by atoms with Gasteiger partial charge in [0.15, 0.2) is 5.78 Å². The normalized spacial score (nSPS) is 10.9. The number of aromatic nitrogens is 1. The Morgan fingerprint density at radius 2 is 1.95 bits per heavy atom. The van der Waals surface area contributed by atoms with Gasteiger partial charge in [-0.2, -0.15) is 0 Å². The average Bonchev–Trinajstić information content (AvgIpc) is 2.83. The molecule has 0 N–H and O–H groups in total. The zero-order valence-electron chi connectivity index (χ0n) is 10.3. The first kappa shape index (κ1) is 13.9. The molecule has 0 fully saturated rings. The lowest BCUT2D eigenvalue weighted by molar-refractivity contribution is 0.0988. The number of hydrogen-bond acceptors (Lipinski definition) is 3. The number of fused-ring (bicyclic) bond motifs is 1. The maximum atomic E-state index is 12.4. The van der Waals surface area contributed by atoms with Gasteiger partial charge in [-0.05, 0) is 55.4 Å². The average molecular weight is 411 g/mol. The summed E-state index contributed by atoms with van der Waals surface area (Å²) in [4.78, 5) is 17.9. The van der Waals surface area contributed by atoms with Crippen LogP contribution in [-0.2, 0) is 6.42 Å². The number of Topliss-reactive ketones (excluding diaryl/α,β-unsaturated/α-hetero) is 1. The predicted molar refractivity (Wildman–Crippen MR) is 89.5 cm³/mol. The van der Waals surface area contributed by atoms with Crippen molar-refractivity contribution in [3.05, 3.63) is 61.3 Å². The zero-order valence-corrected chi connectivity index (χ0v) is 14.3. The maximum Gasteiger partial charge on any atom is 0.187 e. The summed E-state index contributed by atoms with van der Waals surface area (Å²) in [5.41, 5.74) is 1.33. The van der Waals surface area contributed by atoms with Crippen LogP contribution in [0.15, 0.2) is 50.7 Å². The summed E-state index contributed by atoms with van der Waals surface area (Å²) in [6, 6.07) is 11.7. The third kappa shape index (κ3) is 2.71. The number of nitrogens with zero attached hydrogens (tertiary/aromatic N) is 1. The molecule has 5 heteroatoms. The number of rotatable bonds is 3. The Bertz CT molecular complexity index is 797. The smallest absolute Gasteiger partial charge is 0.187 e. The van der Waals surface area contributed by atoms with Crippen molar-refractivity contribution in [2.45, 2.75) is 6.42 Å². The minimum atomic E-state index is 0.0192. The van der Waals surface area contributed by atoms with Gasteiger partial charge in [-0.25, -0.2) is 4.98 Å². The largest absolute Gasteiger partial charge is 0.292 e. The zero-order chi connectivity index (χ0) is 14.1. The molecular weight excluding hydrogens is 402 g/mol. The number of thiophene rings is 1. The molecule has 2 nitrogen and oxygen atoms in total. The van der Waals surface area contributed by atoms with Gasteiger partial charge in [0.25, 0.3) is 0 Å². The molecule has 0 atom stereocenters. The molecule has 0 bridgehead atoms. The van der Waals surface area contributed by atoms with Crippen LogP contribution in [0.5, 0.6) is 0 Å². The second-order valence-electron chi connectivity index (χ2n) is 4.30. The molecule has 2 aromatic heterocycles. The molecule has 0 saturated carbocycles. The number of para-hydroxylation sites is 1. The summed E-state index contributed by atoms with van der Waals surface area (Å²) in [6.45, 7) is 0. The molecule has 1 aromatic carbocycles. The second-order valence-corrected chi connectivity index (χ2v) is 7.01. The van der Waals surface area contributed by atoms with E-state index in [0.717, 1.165) is 24.7 Å². The molecule has 2 heterocycles. The molecule has 0 aliphatic rings. The second kappa shape index (κ2) is 5.76. The van der Waals surface area contributed by atoms with E-state index in [4.69, 9.17) is 0 Å². The summed E-state index contributed by atoms with van der Waals surface area (Å²) >= 11 is 8.47. The molecular formula is C15H9Br2NOS. The van der Waals surface area contributed by atoms with E-state index < -0.39 is 0 Å². The third-order valence-electron chi connectivity index (χ3n) is 2.95. The van der Waals surface area contributed by atoms with Gasteiger partial charge in [0.1, 0.15) is 5.69 Å². The number of hydrogen-bond donors (Lipinski definition) is 0. The van der Waals surface area contributed by atoms with Gasteiger partial charge in [0.05, 0.1) is 5.52 Å². The van der Waals surface area contributed by atoms with Crippen LogP contribution < -0.4 is 0 Å². The molecule has 0 radical (unpaired) electrons. The number of carbonyl (C=O) groups is 1. The van der Waals surface area contributed by atoms with E-state index in [1.807, 2.05) is 41.8 Å². The Kier molecular flexibility index (Phi) is 4.01. The van der Waals surface area contributed by atoms with Gasteiger partial charge < -0.3 is 0 Å². The number of halogens is 2. The van der Waals surface area contributed by atoms with Gasteiger partial charge in [0, 0.05) is 25.6 Å². The van der Waals surface area contributed by atoms with E-state index >= 15 is 0 Å². The van der Waals surface area contributed by atoms with Gasteiger partial charge >= 0.3 is 0 Å². The summed E-state index contributed by atoms with van der Waals surface area (Å²) in [7, 11) is 0. The molecule has 0 unspecified atom stereocenters. The fraction of sp³-hybridized carbons (Fsp3) is 0.0667. The molecule has 100 valence electrons. The van der Waals surface area contributed by atoms with Crippen molar-refractivity contribution >= 4 is 59.9 Å². The van der Waals surface area contributed by atoms with Crippen LogP contribution in [0.4, 0.5) is 0 Å². The van der Waals surface area contributed by atoms with E-state index in [2.05, 4.69) is 36.8 Å². The Labute approximate surface area is 137 Å². The number of carbonyl (C=O) groups excluding carboxylic acids is 1. The van der Waals surface area contributed by atoms with Crippen LogP contribution in [0.2, 0.25) is 0 Å². The van der Waals surface area contributed by atoms with E-state index in [1.54, 1.807) is 11.3 Å². The minimum Gasteiger partial charge on any atom is -0.292 e. The SMILES string of the molecule is O=C(Cc1sccc1Br)c1nc2ccccc2cc1Br. The van der Waals surface area contributed by atoms with Crippen LogP contribution in [0.25, 0.3) is 10.9 Å². The highest BCUT2D eigenvalue weighted by Gasteiger charge is 2.15. The lowest BCUT2D eigenvalue weighted by Crippen LogP contribution is -2.06. The lowest BCUT2D eigenvalue weighted by atomic mass is 10.1. The Hall–Kier alpha value is -1.04. The quantitative estimate of drug-likeness (QED) is 0.552. The van der Waals surface area contributed by atoms with Crippen molar-refractivity contribution in [1.82, 2.24) is 4.98 Å². The number of pyridine rings is 1. The summed E-state index contributed by atoms with van der Waals surface area (Å²) in [6.07, 6.45) is 0.363. The lowest BCUT2D eigenvalue weighted by Gasteiger charge is -2.05. The monoisotopic (exact) mass is 409 g/mol. The Morgan fingerprint density at radius 3 is 2.70 bits per heavy atom. The summed E-state index contributed by atoms with van der Waals surface area (Å²) in [5.74, 6) is 0.0192. The van der Waals surface area contributed by atoms with Crippen molar-refractivity contribution < 1.29 is 4.79 Å². The van der Waals surface area contributed by atoms with Crippen molar-refractivity contribution in [2.24, 2.45) is 0 Å². The molecule has 20 heavy (non-hydrogen) atoms. The highest BCUT2D eigenvalue weighted by Crippen LogP contribution is 2.27. The number of ketones is 1. The Balaban J connectivity index is 1.99. The molecule has 0 spiro atoms. The highest BCUT2D eigenvalue weighted by molar-refractivity contribution is 9.10. The molecule has 3 aromatic rings. The Morgan fingerprint density at radius 1 is 1.15 bits per heavy atom. The van der Waals surface area contributed by atoms with Gasteiger partial charge in [-0.1, -0.05) is 18.2 Å². The topological polar surface area (TPSA) is 30.0 Å².